The van der Waals surface area contributed by atoms with Gasteiger partial charge in [-0.25, -0.2) is 0 Å². The quantitative estimate of drug-likeness (QED) is 0.128. The zero-order valence-corrected chi connectivity index (χ0v) is 23.7. The number of halogens is 2. The number of aryl methyl sites for hydroxylation is 1. The molecule has 0 aliphatic heterocycles. The second-order valence-electron chi connectivity index (χ2n) is 10.2. The van der Waals surface area contributed by atoms with Crippen molar-refractivity contribution in [3.05, 3.63) is 123 Å². The third-order valence-corrected chi connectivity index (χ3v) is 9.94. The first-order valence-electron chi connectivity index (χ1n) is 13.1. The average Bonchev–Trinajstić information content (AvgIpc) is 2.99. The maximum absolute atomic E-state index is 3.96. The monoisotopic (exact) mass is 612 g/mol. The second kappa shape index (κ2) is 8.53. The van der Waals surface area contributed by atoms with Crippen molar-refractivity contribution in [3.63, 3.8) is 0 Å². The summed E-state index contributed by atoms with van der Waals surface area (Å²) in [4.78, 5) is 0. The minimum absolute atomic E-state index is 1.06. The Morgan fingerprint density at radius 1 is 0.500 bits per heavy atom. The molecule has 180 valence electrons. The van der Waals surface area contributed by atoms with Crippen LogP contribution in [0.2, 0.25) is 0 Å². The fraction of sp³-hybridized carbons (Fsp3) is 0.0556. The van der Waals surface area contributed by atoms with E-state index < -0.39 is 0 Å². The second-order valence-corrected chi connectivity index (χ2v) is 11.8. The lowest BCUT2D eigenvalue weighted by Gasteiger charge is -2.22. The number of hydrogen-bond acceptors (Lipinski definition) is 0. The van der Waals surface area contributed by atoms with Crippen LogP contribution in [0.5, 0.6) is 0 Å². The van der Waals surface area contributed by atoms with Gasteiger partial charge < -0.3 is 0 Å². The molecule has 7 aromatic carbocycles. The van der Waals surface area contributed by atoms with Crippen LogP contribution in [-0.4, -0.2) is 0 Å². The maximum atomic E-state index is 3.96. The first-order valence-corrected chi connectivity index (χ1v) is 14.6. The van der Waals surface area contributed by atoms with Crippen LogP contribution in [0.3, 0.4) is 0 Å². The van der Waals surface area contributed by atoms with Crippen molar-refractivity contribution in [1.82, 2.24) is 0 Å². The van der Waals surface area contributed by atoms with Crippen molar-refractivity contribution in [1.29, 1.82) is 0 Å². The minimum Gasteiger partial charge on any atom is -0.0836 e. The van der Waals surface area contributed by atoms with Gasteiger partial charge in [0.2, 0.25) is 0 Å². The number of benzene rings is 7. The zero-order chi connectivity index (χ0) is 25.4. The van der Waals surface area contributed by atoms with Gasteiger partial charge in [-0.15, -0.1) is 0 Å². The number of fused-ring (bicyclic) bond motifs is 10. The largest absolute Gasteiger partial charge is 0.0836 e. The predicted molar refractivity (Wildman–Crippen MR) is 172 cm³/mol. The summed E-state index contributed by atoms with van der Waals surface area (Å²) in [5.74, 6) is 0. The fourth-order valence-corrected chi connectivity index (χ4v) is 7.89. The number of allylic oxidation sites excluding steroid dienone is 1. The lowest BCUT2D eigenvalue weighted by Crippen LogP contribution is -2.00. The van der Waals surface area contributed by atoms with E-state index in [1.54, 1.807) is 0 Å². The van der Waals surface area contributed by atoms with Crippen LogP contribution in [0.15, 0.2) is 112 Å². The van der Waals surface area contributed by atoms with Gasteiger partial charge >= 0.3 is 0 Å². The van der Waals surface area contributed by atoms with E-state index in [2.05, 4.69) is 141 Å². The Balaban J connectivity index is 1.52. The fourth-order valence-electron chi connectivity index (χ4n) is 6.52. The van der Waals surface area contributed by atoms with Crippen molar-refractivity contribution in [2.24, 2.45) is 0 Å². The predicted octanol–water partition coefficient (Wildman–Crippen LogP) is 11.6. The first-order chi connectivity index (χ1) is 18.7. The Hall–Kier alpha value is -3.46. The smallest absolute Gasteiger partial charge is 0.0333 e. The Morgan fingerprint density at radius 3 is 1.76 bits per heavy atom. The SMILES string of the molecule is Brc1c2ccccc2c(Br)c2cc(-c3cc4c5ccccc5c5ccccc5c4c4c3C=CCC4)ccc12. The molecule has 1 aliphatic rings. The maximum Gasteiger partial charge on any atom is 0.0333 e. The molecule has 0 bridgehead atoms. The van der Waals surface area contributed by atoms with E-state index in [1.807, 2.05) is 0 Å². The van der Waals surface area contributed by atoms with Gasteiger partial charge in [-0.1, -0.05) is 97.1 Å². The van der Waals surface area contributed by atoms with Gasteiger partial charge in [0.25, 0.3) is 0 Å². The first kappa shape index (κ1) is 22.5. The van der Waals surface area contributed by atoms with E-state index in [-0.39, 0.29) is 0 Å². The standard InChI is InChI=1S/C36H22Br2/c37-35-28-15-7-8-16-29(28)36(38)33-19-21(17-18-30(33)35)31-20-32-24-11-2-1-9-22(24)23-10-3-5-13-26(23)34(32)27-14-6-4-12-25(27)31/h1-5,7-13,15-20H,6,14H2. The van der Waals surface area contributed by atoms with E-state index in [4.69, 9.17) is 0 Å². The highest BCUT2D eigenvalue weighted by Gasteiger charge is 2.20. The van der Waals surface area contributed by atoms with Crippen LogP contribution in [-0.2, 0) is 6.42 Å². The van der Waals surface area contributed by atoms with Gasteiger partial charge in [0.15, 0.2) is 0 Å². The van der Waals surface area contributed by atoms with E-state index in [0.29, 0.717) is 0 Å². The van der Waals surface area contributed by atoms with Crippen LogP contribution in [0.1, 0.15) is 17.5 Å². The summed E-state index contributed by atoms with van der Waals surface area (Å²) in [6.45, 7) is 0. The molecule has 0 fully saturated rings. The molecule has 0 saturated carbocycles. The topological polar surface area (TPSA) is 0 Å². The molecule has 0 atom stereocenters. The van der Waals surface area contributed by atoms with Crippen molar-refractivity contribution in [2.75, 3.05) is 0 Å². The molecule has 8 rings (SSSR count). The highest BCUT2D eigenvalue weighted by Crippen LogP contribution is 2.45. The highest BCUT2D eigenvalue weighted by molar-refractivity contribution is 9.11. The molecular formula is C36H22Br2. The van der Waals surface area contributed by atoms with E-state index >= 15 is 0 Å². The third-order valence-electron chi connectivity index (χ3n) is 8.23. The Kier molecular flexibility index (Phi) is 5.05. The van der Waals surface area contributed by atoms with E-state index in [1.165, 1.54) is 76.1 Å². The van der Waals surface area contributed by atoms with Crippen molar-refractivity contribution in [2.45, 2.75) is 12.8 Å². The Morgan fingerprint density at radius 2 is 1.05 bits per heavy atom. The summed E-state index contributed by atoms with van der Waals surface area (Å²) < 4.78 is 2.30. The summed E-state index contributed by atoms with van der Waals surface area (Å²) in [5.41, 5.74) is 5.39. The molecule has 0 spiro atoms. The van der Waals surface area contributed by atoms with Gasteiger partial charge in [0.05, 0.1) is 0 Å². The summed E-state index contributed by atoms with van der Waals surface area (Å²) >= 11 is 7.87. The summed E-state index contributed by atoms with van der Waals surface area (Å²) in [6.07, 6.45) is 6.83. The number of hydrogen-bond donors (Lipinski definition) is 0. The lowest BCUT2D eigenvalue weighted by molar-refractivity contribution is 0.999. The normalized spacial score (nSPS) is 13.2. The van der Waals surface area contributed by atoms with Crippen LogP contribution in [0.25, 0.3) is 71.1 Å². The van der Waals surface area contributed by atoms with E-state index in [0.717, 1.165) is 21.8 Å². The van der Waals surface area contributed by atoms with Crippen molar-refractivity contribution < 1.29 is 0 Å². The van der Waals surface area contributed by atoms with E-state index in [9.17, 15) is 0 Å². The highest BCUT2D eigenvalue weighted by atomic mass is 79.9. The summed E-state index contributed by atoms with van der Waals surface area (Å²) in [7, 11) is 0. The Bertz CT molecular complexity index is 2150. The Labute approximate surface area is 237 Å². The molecule has 0 N–H and O–H groups in total. The van der Waals surface area contributed by atoms with Gasteiger partial charge in [0.1, 0.15) is 0 Å². The molecule has 38 heavy (non-hydrogen) atoms. The molecular weight excluding hydrogens is 592 g/mol. The van der Waals surface area contributed by atoms with Crippen molar-refractivity contribution in [3.8, 4) is 11.1 Å². The van der Waals surface area contributed by atoms with Crippen LogP contribution in [0, 0.1) is 0 Å². The molecule has 0 amide bonds. The van der Waals surface area contributed by atoms with Crippen molar-refractivity contribution >= 4 is 91.8 Å². The zero-order valence-electron chi connectivity index (χ0n) is 20.6. The van der Waals surface area contributed by atoms with Gasteiger partial charge in [-0.2, -0.15) is 0 Å². The lowest BCUT2D eigenvalue weighted by atomic mass is 9.82. The molecule has 7 aromatic rings. The minimum atomic E-state index is 1.06. The molecule has 0 aromatic heterocycles. The van der Waals surface area contributed by atoms with Gasteiger partial charge in [0, 0.05) is 8.95 Å². The third kappa shape index (κ3) is 3.14. The number of rotatable bonds is 1. The summed E-state index contributed by atoms with van der Waals surface area (Å²) in [5, 5.41) is 13.0. The van der Waals surface area contributed by atoms with Crippen LogP contribution >= 0.6 is 31.9 Å². The molecule has 1 aliphatic carbocycles. The van der Waals surface area contributed by atoms with Gasteiger partial charge in [-0.3, -0.25) is 0 Å². The van der Waals surface area contributed by atoms with Crippen LogP contribution in [0.4, 0.5) is 0 Å². The average molecular weight is 614 g/mol. The molecule has 2 heteroatoms. The molecule has 0 unspecified atom stereocenters. The summed E-state index contributed by atoms with van der Waals surface area (Å²) in [6, 6.07) is 35.8. The molecule has 0 radical (unpaired) electrons. The molecule has 0 saturated heterocycles. The molecule has 0 heterocycles. The molecule has 0 nitrogen and oxygen atoms in total. The van der Waals surface area contributed by atoms with Crippen LogP contribution < -0.4 is 0 Å². The van der Waals surface area contributed by atoms with Gasteiger partial charge in [-0.05, 0) is 133 Å².